The molecule has 23 heavy (non-hydrogen) atoms. The van der Waals surface area contributed by atoms with Gasteiger partial charge in [-0.2, -0.15) is 0 Å². The van der Waals surface area contributed by atoms with Gasteiger partial charge in [-0.25, -0.2) is 0 Å². The SMILES string of the molecule is CCOCCC(=O)NC1CCN(c2c(C)cc(C)cc2C)C1=O. The van der Waals surface area contributed by atoms with Crippen molar-refractivity contribution in [3.63, 3.8) is 0 Å². The first-order chi connectivity index (χ1) is 10.9. The number of ether oxygens (including phenoxy) is 1. The molecular formula is C18H26N2O3. The monoisotopic (exact) mass is 318 g/mol. The Kier molecular flexibility index (Phi) is 5.77. The van der Waals surface area contributed by atoms with Crippen molar-refractivity contribution >= 4 is 17.5 Å². The number of carbonyl (C=O) groups is 2. The predicted molar refractivity (Wildman–Crippen MR) is 90.7 cm³/mol. The zero-order chi connectivity index (χ0) is 17.0. The fourth-order valence-electron chi connectivity index (χ4n) is 3.21. The maximum Gasteiger partial charge on any atom is 0.249 e. The number of rotatable bonds is 6. The highest BCUT2D eigenvalue weighted by molar-refractivity contribution is 6.02. The molecule has 2 amide bonds. The van der Waals surface area contributed by atoms with Gasteiger partial charge in [0.2, 0.25) is 11.8 Å². The molecule has 1 aromatic rings. The van der Waals surface area contributed by atoms with E-state index in [1.807, 2.05) is 20.8 Å². The van der Waals surface area contributed by atoms with Crippen LogP contribution in [0.2, 0.25) is 0 Å². The Balaban J connectivity index is 2.03. The molecule has 5 heteroatoms. The molecule has 1 saturated heterocycles. The average molecular weight is 318 g/mol. The molecule has 0 saturated carbocycles. The fourth-order valence-corrected chi connectivity index (χ4v) is 3.21. The van der Waals surface area contributed by atoms with E-state index < -0.39 is 6.04 Å². The number of nitrogens with zero attached hydrogens (tertiary/aromatic N) is 1. The van der Waals surface area contributed by atoms with Crippen LogP contribution in [-0.2, 0) is 14.3 Å². The summed E-state index contributed by atoms with van der Waals surface area (Å²) in [6.45, 7) is 9.62. The average Bonchev–Trinajstić information content (AvgIpc) is 2.80. The van der Waals surface area contributed by atoms with Crippen molar-refractivity contribution in [3.8, 4) is 0 Å². The summed E-state index contributed by atoms with van der Waals surface area (Å²) in [6, 6.07) is 3.75. The Bertz CT molecular complexity index is 575. The molecule has 0 bridgehead atoms. The normalized spacial score (nSPS) is 17.7. The zero-order valence-electron chi connectivity index (χ0n) is 14.4. The molecule has 0 aromatic heterocycles. The highest BCUT2D eigenvalue weighted by Crippen LogP contribution is 2.30. The predicted octanol–water partition coefficient (Wildman–Crippen LogP) is 2.26. The first kappa shape index (κ1) is 17.5. The molecule has 2 rings (SSSR count). The summed E-state index contributed by atoms with van der Waals surface area (Å²) in [4.78, 5) is 26.3. The van der Waals surface area contributed by atoms with Gasteiger partial charge in [0.25, 0.3) is 0 Å². The van der Waals surface area contributed by atoms with E-state index in [-0.39, 0.29) is 11.8 Å². The maximum absolute atomic E-state index is 12.6. The second-order valence-corrected chi connectivity index (χ2v) is 6.09. The molecule has 0 radical (unpaired) electrons. The van der Waals surface area contributed by atoms with E-state index in [9.17, 15) is 9.59 Å². The largest absolute Gasteiger partial charge is 0.381 e. The van der Waals surface area contributed by atoms with Gasteiger partial charge >= 0.3 is 0 Å². The number of nitrogens with one attached hydrogen (secondary N) is 1. The number of hydrogen-bond acceptors (Lipinski definition) is 3. The van der Waals surface area contributed by atoms with Crippen LogP contribution in [0.25, 0.3) is 0 Å². The summed E-state index contributed by atoms with van der Waals surface area (Å²) < 4.78 is 5.17. The van der Waals surface area contributed by atoms with E-state index in [1.165, 1.54) is 5.56 Å². The van der Waals surface area contributed by atoms with Crippen LogP contribution in [0, 0.1) is 20.8 Å². The van der Waals surface area contributed by atoms with Gasteiger partial charge in [0.15, 0.2) is 0 Å². The molecule has 126 valence electrons. The molecule has 1 fully saturated rings. The molecule has 0 spiro atoms. The maximum atomic E-state index is 12.6. The van der Waals surface area contributed by atoms with Crippen molar-refractivity contribution < 1.29 is 14.3 Å². The summed E-state index contributed by atoms with van der Waals surface area (Å²) in [6.07, 6.45) is 0.937. The van der Waals surface area contributed by atoms with Crippen LogP contribution < -0.4 is 10.2 Å². The van der Waals surface area contributed by atoms with Crippen LogP contribution >= 0.6 is 0 Å². The lowest BCUT2D eigenvalue weighted by atomic mass is 10.0. The van der Waals surface area contributed by atoms with Crippen LogP contribution in [0.1, 0.15) is 36.5 Å². The van der Waals surface area contributed by atoms with Gasteiger partial charge in [-0.1, -0.05) is 17.7 Å². The number of carbonyl (C=O) groups excluding carboxylic acids is 2. The number of benzene rings is 1. The molecular weight excluding hydrogens is 292 g/mol. The number of hydrogen-bond donors (Lipinski definition) is 1. The zero-order valence-corrected chi connectivity index (χ0v) is 14.4. The van der Waals surface area contributed by atoms with E-state index in [4.69, 9.17) is 4.74 Å². The summed E-state index contributed by atoms with van der Waals surface area (Å²) >= 11 is 0. The van der Waals surface area contributed by atoms with Crippen LogP contribution in [0.5, 0.6) is 0 Å². The van der Waals surface area contributed by atoms with Crippen molar-refractivity contribution in [2.24, 2.45) is 0 Å². The lowest BCUT2D eigenvalue weighted by molar-refractivity contribution is -0.127. The van der Waals surface area contributed by atoms with Crippen molar-refractivity contribution in [1.82, 2.24) is 5.32 Å². The van der Waals surface area contributed by atoms with E-state index in [2.05, 4.69) is 24.4 Å². The Hall–Kier alpha value is -1.88. The van der Waals surface area contributed by atoms with E-state index >= 15 is 0 Å². The van der Waals surface area contributed by atoms with E-state index in [0.29, 0.717) is 32.6 Å². The van der Waals surface area contributed by atoms with Gasteiger partial charge in [0.1, 0.15) is 6.04 Å². The Labute approximate surface area is 138 Å². The first-order valence-electron chi connectivity index (χ1n) is 8.20. The molecule has 1 unspecified atom stereocenters. The summed E-state index contributed by atoms with van der Waals surface area (Å²) in [5.41, 5.74) is 4.36. The van der Waals surface area contributed by atoms with E-state index in [0.717, 1.165) is 16.8 Å². The molecule has 1 aromatic carbocycles. The van der Waals surface area contributed by atoms with Gasteiger partial charge in [-0.05, 0) is 45.2 Å². The van der Waals surface area contributed by atoms with Gasteiger partial charge in [0.05, 0.1) is 6.61 Å². The first-order valence-corrected chi connectivity index (χ1v) is 8.20. The second-order valence-electron chi connectivity index (χ2n) is 6.09. The number of aryl methyl sites for hydroxylation is 3. The third-order valence-corrected chi connectivity index (χ3v) is 4.12. The second kappa shape index (κ2) is 7.59. The van der Waals surface area contributed by atoms with Gasteiger partial charge in [-0.15, -0.1) is 0 Å². The Morgan fingerprint density at radius 2 is 1.96 bits per heavy atom. The highest BCUT2D eigenvalue weighted by Gasteiger charge is 2.34. The van der Waals surface area contributed by atoms with Crippen molar-refractivity contribution in [2.75, 3.05) is 24.7 Å². The third kappa shape index (κ3) is 4.10. The van der Waals surface area contributed by atoms with Crippen molar-refractivity contribution in [2.45, 2.75) is 46.6 Å². The van der Waals surface area contributed by atoms with Crippen LogP contribution in [0.4, 0.5) is 5.69 Å². The topological polar surface area (TPSA) is 58.6 Å². The van der Waals surface area contributed by atoms with E-state index in [1.54, 1.807) is 4.90 Å². The minimum atomic E-state index is -0.427. The Morgan fingerprint density at radius 3 is 2.57 bits per heavy atom. The highest BCUT2D eigenvalue weighted by atomic mass is 16.5. The van der Waals surface area contributed by atoms with Crippen LogP contribution in [-0.4, -0.2) is 37.6 Å². The molecule has 5 nitrogen and oxygen atoms in total. The lowest BCUT2D eigenvalue weighted by Gasteiger charge is -2.22. The standard InChI is InChI=1S/C18H26N2O3/c1-5-23-9-7-16(21)19-15-6-8-20(18(15)22)17-13(3)10-12(2)11-14(17)4/h10-11,15H,5-9H2,1-4H3,(H,19,21). The molecule has 1 heterocycles. The number of amides is 2. The third-order valence-electron chi connectivity index (χ3n) is 4.12. The van der Waals surface area contributed by atoms with Crippen molar-refractivity contribution in [3.05, 3.63) is 28.8 Å². The smallest absolute Gasteiger partial charge is 0.249 e. The summed E-state index contributed by atoms with van der Waals surface area (Å²) in [5, 5.41) is 2.83. The molecule has 1 aliphatic rings. The number of anilines is 1. The minimum Gasteiger partial charge on any atom is -0.381 e. The van der Waals surface area contributed by atoms with Gasteiger partial charge < -0.3 is 15.0 Å². The molecule has 0 aliphatic carbocycles. The summed E-state index contributed by atoms with van der Waals surface area (Å²) in [7, 11) is 0. The lowest BCUT2D eigenvalue weighted by Crippen LogP contribution is -2.42. The van der Waals surface area contributed by atoms with Gasteiger partial charge in [-0.3, -0.25) is 9.59 Å². The van der Waals surface area contributed by atoms with Crippen molar-refractivity contribution in [1.29, 1.82) is 0 Å². The quantitative estimate of drug-likeness (QED) is 0.819. The molecule has 1 N–H and O–H groups in total. The minimum absolute atomic E-state index is 0.0233. The Morgan fingerprint density at radius 1 is 1.30 bits per heavy atom. The van der Waals surface area contributed by atoms with Gasteiger partial charge in [0, 0.05) is 25.3 Å². The van der Waals surface area contributed by atoms with Crippen LogP contribution in [0.3, 0.4) is 0 Å². The molecule has 1 atom stereocenters. The molecule has 1 aliphatic heterocycles. The van der Waals surface area contributed by atoms with Crippen LogP contribution in [0.15, 0.2) is 12.1 Å². The summed E-state index contributed by atoms with van der Waals surface area (Å²) in [5.74, 6) is -0.152. The fraction of sp³-hybridized carbons (Fsp3) is 0.556.